The number of carbonyl (C=O) groups excluding carboxylic acids is 1. The predicted molar refractivity (Wildman–Crippen MR) is 124 cm³/mol. The summed E-state index contributed by atoms with van der Waals surface area (Å²) in [6, 6.07) is 11.0. The number of methoxy groups -OCH3 is 1. The summed E-state index contributed by atoms with van der Waals surface area (Å²) >= 11 is 6.35. The SMILES string of the molecule is COc1cc(C(=O)N2CCOCC2Cc2cccc(-n3nccn3)c2)c(-n2nccn2)cc1Cl. The van der Waals surface area contributed by atoms with Crippen LogP contribution < -0.4 is 4.74 Å². The molecule has 0 radical (unpaired) electrons. The molecule has 1 aliphatic heterocycles. The molecule has 0 spiro atoms. The molecule has 1 aliphatic rings. The van der Waals surface area contributed by atoms with Crippen LogP contribution in [0, 0.1) is 0 Å². The molecular formula is C23H22ClN7O3. The molecule has 34 heavy (non-hydrogen) atoms. The molecule has 0 saturated carbocycles. The fourth-order valence-corrected chi connectivity index (χ4v) is 4.29. The molecule has 174 valence electrons. The van der Waals surface area contributed by atoms with Crippen LogP contribution in [0.4, 0.5) is 0 Å². The van der Waals surface area contributed by atoms with Gasteiger partial charge in [0.05, 0.1) is 67.4 Å². The number of hydrogen-bond donors (Lipinski definition) is 0. The molecular weight excluding hydrogens is 458 g/mol. The maximum atomic E-state index is 13.8. The van der Waals surface area contributed by atoms with E-state index in [-0.39, 0.29) is 11.9 Å². The second kappa shape index (κ2) is 9.62. The average molecular weight is 480 g/mol. The Bertz CT molecular complexity index is 1280. The van der Waals surface area contributed by atoms with Crippen molar-refractivity contribution in [2.75, 3.05) is 26.9 Å². The number of aromatic nitrogens is 6. The molecule has 10 nitrogen and oxygen atoms in total. The minimum Gasteiger partial charge on any atom is -0.495 e. The van der Waals surface area contributed by atoms with Crippen LogP contribution in [0.25, 0.3) is 11.4 Å². The van der Waals surface area contributed by atoms with Crippen LogP contribution >= 0.6 is 11.6 Å². The molecule has 11 heteroatoms. The predicted octanol–water partition coefficient (Wildman–Crippen LogP) is 2.59. The summed E-state index contributed by atoms with van der Waals surface area (Å²) < 4.78 is 11.1. The number of morpholine rings is 1. The van der Waals surface area contributed by atoms with Crippen molar-refractivity contribution in [3.8, 4) is 17.1 Å². The first-order chi connectivity index (χ1) is 16.6. The summed E-state index contributed by atoms with van der Waals surface area (Å²) in [5.41, 5.74) is 2.79. The van der Waals surface area contributed by atoms with E-state index >= 15 is 0 Å². The van der Waals surface area contributed by atoms with Gasteiger partial charge < -0.3 is 14.4 Å². The Morgan fingerprint density at radius 3 is 2.56 bits per heavy atom. The number of hydrogen-bond acceptors (Lipinski definition) is 7. The molecule has 1 saturated heterocycles. The van der Waals surface area contributed by atoms with Crippen LogP contribution in [0.15, 0.2) is 61.2 Å². The fraction of sp³-hybridized carbons (Fsp3) is 0.261. The maximum absolute atomic E-state index is 13.8. The van der Waals surface area contributed by atoms with E-state index in [9.17, 15) is 4.79 Å². The Balaban J connectivity index is 1.46. The van der Waals surface area contributed by atoms with Gasteiger partial charge in [0.1, 0.15) is 11.4 Å². The molecule has 0 bridgehead atoms. The van der Waals surface area contributed by atoms with Crippen molar-refractivity contribution in [2.45, 2.75) is 12.5 Å². The topological polar surface area (TPSA) is 100 Å². The summed E-state index contributed by atoms with van der Waals surface area (Å²) in [5, 5.41) is 17.1. The van der Waals surface area contributed by atoms with E-state index < -0.39 is 0 Å². The number of carbonyl (C=O) groups is 1. The lowest BCUT2D eigenvalue weighted by Crippen LogP contribution is -2.50. The van der Waals surface area contributed by atoms with Gasteiger partial charge in [-0.25, -0.2) is 0 Å². The quantitative estimate of drug-likeness (QED) is 0.419. The molecule has 0 N–H and O–H groups in total. The van der Waals surface area contributed by atoms with E-state index in [1.165, 1.54) is 11.9 Å². The third-order valence-corrected chi connectivity index (χ3v) is 5.95. The van der Waals surface area contributed by atoms with Crippen molar-refractivity contribution in [1.29, 1.82) is 0 Å². The highest BCUT2D eigenvalue weighted by atomic mass is 35.5. The Kier molecular flexibility index (Phi) is 6.24. The molecule has 1 unspecified atom stereocenters. The van der Waals surface area contributed by atoms with Crippen molar-refractivity contribution < 1.29 is 14.3 Å². The number of nitrogens with zero attached hydrogens (tertiary/aromatic N) is 7. The minimum absolute atomic E-state index is 0.165. The van der Waals surface area contributed by atoms with Gasteiger partial charge in [-0.3, -0.25) is 4.79 Å². The Hall–Kier alpha value is -3.76. The summed E-state index contributed by atoms with van der Waals surface area (Å²) in [6.07, 6.45) is 6.97. The van der Waals surface area contributed by atoms with Gasteiger partial charge in [0, 0.05) is 6.54 Å². The van der Waals surface area contributed by atoms with E-state index in [2.05, 4.69) is 20.4 Å². The smallest absolute Gasteiger partial charge is 0.256 e. The molecule has 0 aliphatic carbocycles. The maximum Gasteiger partial charge on any atom is 0.256 e. The molecule has 2 aromatic carbocycles. The highest BCUT2D eigenvalue weighted by molar-refractivity contribution is 6.32. The standard InChI is InChI=1S/C23H22ClN7O3/c1-33-22-13-19(21(14-20(22)24)31-27-7-8-28-31)23(32)29-9-10-34-15-18(29)12-16-3-2-4-17(11-16)30-25-5-6-26-30/h2-8,11,13-14,18H,9-10,12,15H2,1H3. The van der Waals surface area contributed by atoms with Gasteiger partial charge in [0.2, 0.25) is 0 Å². The van der Waals surface area contributed by atoms with Crippen molar-refractivity contribution in [2.24, 2.45) is 0 Å². The van der Waals surface area contributed by atoms with Crippen LogP contribution in [0.2, 0.25) is 5.02 Å². The highest BCUT2D eigenvalue weighted by Crippen LogP contribution is 2.31. The van der Waals surface area contributed by atoms with Gasteiger partial charge in [-0.15, -0.1) is 0 Å². The van der Waals surface area contributed by atoms with Crippen LogP contribution in [0.3, 0.4) is 0 Å². The van der Waals surface area contributed by atoms with Gasteiger partial charge in [-0.1, -0.05) is 23.7 Å². The van der Waals surface area contributed by atoms with E-state index in [4.69, 9.17) is 21.1 Å². The highest BCUT2D eigenvalue weighted by Gasteiger charge is 2.31. The largest absolute Gasteiger partial charge is 0.495 e. The van der Waals surface area contributed by atoms with Crippen molar-refractivity contribution in [1.82, 2.24) is 34.9 Å². The summed E-state index contributed by atoms with van der Waals surface area (Å²) in [5.74, 6) is 0.241. The van der Waals surface area contributed by atoms with E-state index in [1.807, 2.05) is 29.2 Å². The first kappa shape index (κ1) is 22.1. The molecule has 1 amide bonds. The molecule has 1 fully saturated rings. The zero-order valence-electron chi connectivity index (χ0n) is 18.4. The first-order valence-corrected chi connectivity index (χ1v) is 11.1. The minimum atomic E-state index is -0.166. The Labute approximate surface area is 200 Å². The number of halogens is 1. The van der Waals surface area contributed by atoms with Gasteiger partial charge in [-0.2, -0.15) is 30.0 Å². The number of amides is 1. The molecule has 1 atom stereocenters. The monoisotopic (exact) mass is 479 g/mol. The average Bonchev–Trinajstić information content (AvgIpc) is 3.59. The van der Waals surface area contributed by atoms with Gasteiger partial charge in [0.15, 0.2) is 0 Å². The lowest BCUT2D eigenvalue weighted by Gasteiger charge is -2.36. The zero-order valence-corrected chi connectivity index (χ0v) is 19.2. The van der Waals surface area contributed by atoms with E-state index in [1.54, 1.807) is 41.7 Å². The third kappa shape index (κ3) is 4.37. The lowest BCUT2D eigenvalue weighted by atomic mass is 10.0. The molecule has 4 aromatic rings. The molecule has 5 rings (SSSR count). The first-order valence-electron chi connectivity index (χ1n) is 10.7. The van der Waals surface area contributed by atoms with Crippen LogP contribution in [0.5, 0.6) is 5.75 Å². The van der Waals surface area contributed by atoms with Gasteiger partial charge in [0.25, 0.3) is 5.91 Å². The van der Waals surface area contributed by atoms with Crippen molar-refractivity contribution >= 4 is 17.5 Å². The third-order valence-electron chi connectivity index (χ3n) is 5.65. The van der Waals surface area contributed by atoms with Gasteiger partial charge in [-0.05, 0) is 36.2 Å². The van der Waals surface area contributed by atoms with Crippen LogP contribution in [-0.2, 0) is 11.2 Å². The second-order valence-corrected chi connectivity index (χ2v) is 8.15. The normalized spacial score (nSPS) is 15.9. The fourth-order valence-electron chi connectivity index (χ4n) is 4.05. The summed E-state index contributed by atoms with van der Waals surface area (Å²) in [6.45, 7) is 1.34. The summed E-state index contributed by atoms with van der Waals surface area (Å²) in [7, 11) is 1.51. The molecule has 2 aromatic heterocycles. The number of benzene rings is 2. The number of ether oxygens (including phenoxy) is 2. The van der Waals surface area contributed by atoms with Crippen LogP contribution in [0.1, 0.15) is 15.9 Å². The van der Waals surface area contributed by atoms with Crippen molar-refractivity contribution in [3.63, 3.8) is 0 Å². The van der Waals surface area contributed by atoms with E-state index in [0.717, 1.165) is 11.3 Å². The zero-order chi connectivity index (χ0) is 23.5. The Morgan fingerprint density at radius 2 is 1.82 bits per heavy atom. The van der Waals surface area contributed by atoms with Crippen molar-refractivity contribution in [3.05, 3.63) is 77.3 Å². The molecule has 3 heterocycles. The van der Waals surface area contributed by atoms with E-state index in [0.29, 0.717) is 48.2 Å². The summed E-state index contributed by atoms with van der Waals surface area (Å²) in [4.78, 5) is 18.6. The lowest BCUT2D eigenvalue weighted by molar-refractivity contribution is -0.00166. The second-order valence-electron chi connectivity index (χ2n) is 7.74. The van der Waals surface area contributed by atoms with Crippen LogP contribution in [-0.4, -0.2) is 73.7 Å². The number of rotatable bonds is 6. The van der Waals surface area contributed by atoms with Gasteiger partial charge >= 0.3 is 0 Å². The Morgan fingerprint density at radius 1 is 1.09 bits per heavy atom.